The highest BCUT2D eigenvalue weighted by Crippen LogP contribution is 2.09. The summed E-state index contributed by atoms with van der Waals surface area (Å²) in [6.07, 6.45) is 5.10. The first kappa shape index (κ1) is 14.1. The molecular formula is C15H18N4O. The van der Waals surface area contributed by atoms with Gasteiger partial charge in [-0.1, -0.05) is 12.1 Å². The fraction of sp³-hybridized carbons (Fsp3) is 0.267. The predicted octanol–water partition coefficient (Wildman–Crippen LogP) is 1.69. The minimum Gasteiger partial charge on any atom is -0.355 e. The molecule has 2 rings (SSSR count). The van der Waals surface area contributed by atoms with E-state index in [4.69, 9.17) is 0 Å². The Hall–Kier alpha value is -2.27. The van der Waals surface area contributed by atoms with E-state index < -0.39 is 0 Å². The summed E-state index contributed by atoms with van der Waals surface area (Å²) in [7, 11) is 1.63. The molecule has 1 unspecified atom stereocenters. The molecule has 5 heteroatoms. The van der Waals surface area contributed by atoms with E-state index in [2.05, 4.69) is 20.6 Å². The number of nitrogens with one attached hydrogen (secondary N) is 2. The molecule has 20 heavy (non-hydrogen) atoms. The van der Waals surface area contributed by atoms with E-state index in [1.165, 1.54) is 0 Å². The zero-order valence-corrected chi connectivity index (χ0v) is 11.6. The quantitative estimate of drug-likeness (QED) is 0.867. The van der Waals surface area contributed by atoms with Crippen molar-refractivity contribution in [3.8, 4) is 0 Å². The molecule has 0 fully saturated rings. The Labute approximate surface area is 118 Å². The Bertz CT molecular complexity index is 554. The molecule has 0 radical (unpaired) electrons. The molecule has 1 aromatic heterocycles. The van der Waals surface area contributed by atoms with Gasteiger partial charge in [0.1, 0.15) is 0 Å². The van der Waals surface area contributed by atoms with Crippen LogP contribution in [0, 0.1) is 0 Å². The minimum absolute atomic E-state index is 0.0718. The Morgan fingerprint density at radius 2 is 2.00 bits per heavy atom. The van der Waals surface area contributed by atoms with Crippen LogP contribution in [0.5, 0.6) is 0 Å². The second-order valence-corrected chi connectivity index (χ2v) is 4.51. The van der Waals surface area contributed by atoms with Gasteiger partial charge in [0, 0.05) is 43.8 Å². The summed E-state index contributed by atoms with van der Waals surface area (Å²) in [4.78, 5) is 19.7. The van der Waals surface area contributed by atoms with Gasteiger partial charge in [-0.25, -0.2) is 0 Å². The lowest BCUT2D eigenvalue weighted by Crippen LogP contribution is -2.20. The molecular weight excluding hydrogens is 252 g/mol. The molecule has 1 amide bonds. The van der Waals surface area contributed by atoms with Gasteiger partial charge in [0.05, 0.1) is 5.69 Å². The molecule has 0 saturated carbocycles. The molecule has 0 bridgehead atoms. The van der Waals surface area contributed by atoms with Crippen LogP contribution in [0.2, 0.25) is 0 Å². The topological polar surface area (TPSA) is 66.9 Å². The third-order valence-electron chi connectivity index (χ3n) is 3.08. The van der Waals surface area contributed by atoms with E-state index in [-0.39, 0.29) is 11.9 Å². The van der Waals surface area contributed by atoms with Crippen LogP contribution in [0.25, 0.3) is 0 Å². The molecule has 0 aliphatic rings. The predicted molar refractivity (Wildman–Crippen MR) is 77.1 cm³/mol. The van der Waals surface area contributed by atoms with E-state index >= 15 is 0 Å². The number of hydrogen-bond donors (Lipinski definition) is 2. The number of aromatic nitrogens is 2. The fourth-order valence-corrected chi connectivity index (χ4v) is 1.83. The number of benzene rings is 1. The summed E-state index contributed by atoms with van der Waals surface area (Å²) in [6.45, 7) is 2.76. The highest BCUT2D eigenvalue weighted by Gasteiger charge is 2.06. The van der Waals surface area contributed by atoms with E-state index in [0.717, 1.165) is 11.3 Å². The van der Waals surface area contributed by atoms with Gasteiger partial charge in [-0.3, -0.25) is 14.8 Å². The lowest BCUT2D eigenvalue weighted by molar-refractivity contribution is 0.0963. The average Bonchev–Trinajstić information content (AvgIpc) is 2.53. The Kier molecular flexibility index (Phi) is 4.79. The Morgan fingerprint density at radius 3 is 2.60 bits per heavy atom. The summed E-state index contributed by atoms with van der Waals surface area (Å²) < 4.78 is 0. The minimum atomic E-state index is -0.0718. The van der Waals surface area contributed by atoms with Crippen LogP contribution in [-0.2, 0) is 6.54 Å². The summed E-state index contributed by atoms with van der Waals surface area (Å²) in [5.74, 6) is -0.0718. The average molecular weight is 270 g/mol. The summed E-state index contributed by atoms with van der Waals surface area (Å²) in [6, 6.07) is 7.66. The van der Waals surface area contributed by atoms with E-state index in [9.17, 15) is 4.79 Å². The van der Waals surface area contributed by atoms with Crippen molar-refractivity contribution in [1.82, 2.24) is 20.6 Å². The largest absolute Gasteiger partial charge is 0.355 e. The molecule has 0 saturated heterocycles. The second kappa shape index (κ2) is 6.77. The number of nitrogens with zero attached hydrogens (tertiary/aromatic N) is 2. The van der Waals surface area contributed by atoms with Gasteiger partial charge in [0.15, 0.2) is 0 Å². The van der Waals surface area contributed by atoms with E-state index in [1.807, 2.05) is 31.2 Å². The zero-order chi connectivity index (χ0) is 14.4. The van der Waals surface area contributed by atoms with E-state index in [0.29, 0.717) is 12.1 Å². The van der Waals surface area contributed by atoms with Crippen molar-refractivity contribution in [1.29, 1.82) is 0 Å². The van der Waals surface area contributed by atoms with Gasteiger partial charge in [-0.2, -0.15) is 0 Å². The normalized spacial score (nSPS) is 11.9. The van der Waals surface area contributed by atoms with Crippen molar-refractivity contribution in [3.63, 3.8) is 0 Å². The summed E-state index contributed by atoms with van der Waals surface area (Å²) >= 11 is 0. The SMILES string of the molecule is CNC(=O)c1ccc(CNC(C)c2cnccn2)cc1. The molecule has 0 aliphatic carbocycles. The maximum atomic E-state index is 11.4. The maximum Gasteiger partial charge on any atom is 0.251 e. The van der Waals surface area contributed by atoms with Crippen molar-refractivity contribution in [2.45, 2.75) is 19.5 Å². The third-order valence-corrected chi connectivity index (χ3v) is 3.08. The van der Waals surface area contributed by atoms with Crippen molar-refractivity contribution < 1.29 is 4.79 Å². The van der Waals surface area contributed by atoms with Crippen molar-refractivity contribution >= 4 is 5.91 Å². The summed E-state index contributed by atoms with van der Waals surface area (Å²) in [5, 5.41) is 5.98. The molecule has 1 atom stereocenters. The third kappa shape index (κ3) is 3.61. The molecule has 2 N–H and O–H groups in total. The number of rotatable bonds is 5. The molecule has 5 nitrogen and oxygen atoms in total. The summed E-state index contributed by atoms with van der Waals surface area (Å²) in [5.41, 5.74) is 2.70. The first-order valence-corrected chi connectivity index (χ1v) is 6.51. The van der Waals surface area contributed by atoms with Gasteiger partial charge in [0.25, 0.3) is 5.91 Å². The highest BCUT2D eigenvalue weighted by atomic mass is 16.1. The molecule has 0 aliphatic heterocycles. The van der Waals surface area contributed by atoms with Crippen LogP contribution < -0.4 is 10.6 Å². The lowest BCUT2D eigenvalue weighted by Gasteiger charge is -2.13. The van der Waals surface area contributed by atoms with Crippen LogP contribution in [0.4, 0.5) is 0 Å². The first-order valence-electron chi connectivity index (χ1n) is 6.51. The molecule has 104 valence electrons. The Balaban J connectivity index is 1.93. The Morgan fingerprint density at radius 1 is 1.25 bits per heavy atom. The monoisotopic (exact) mass is 270 g/mol. The van der Waals surface area contributed by atoms with Crippen LogP contribution in [0.3, 0.4) is 0 Å². The van der Waals surface area contributed by atoms with Gasteiger partial charge < -0.3 is 10.6 Å². The number of carbonyl (C=O) groups is 1. The van der Waals surface area contributed by atoms with Crippen LogP contribution in [0.1, 0.15) is 34.6 Å². The van der Waals surface area contributed by atoms with Gasteiger partial charge >= 0.3 is 0 Å². The molecule has 1 aromatic carbocycles. The van der Waals surface area contributed by atoms with Gasteiger partial charge in [0.2, 0.25) is 0 Å². The number of carbonyl (C=O) groups excluding carboxylic acids is 1. The maximum absolute atomic E-state index is 11.4. The number of hydrogen-bond acceptors (Lipinski definition) is 4. The highest BCUT2D eigenvalue weighted by molar-refractivity contribution is 5.93. The van der Waals surface area contributed by atoms with Crippen LogP contribution in [-0.4, -0.2) is 22.9 Å². The molecule has 0 spiro atoms. The van der Waals surface area contributed by atoms with Crippen LogP contribution in [0.15, 0.2) is 42.9 Å². The van der Waals surface area contributed by atoms with Gasteiger partial charge in [-0.15, -0.1) is 0 Å². The zero-order valence-electron chi connectivity index (χ0n) is 11.6. The smallest absolute Gasteiger partial charge is 0.251 e. The standard InChI is InChI=1S/C15H18N4O/c1-11(14-10-17-7-8-18-14)19-9-12-3-5-13(6-4-12)15(20)16-2/h3-8,10-11,19H,9H2,1-2H3,(H,16,20). The number of amides is 1. The lowest BCUT2D eigenvalue weighted by atomic mass is 10.1. The fourth-order valence-electron chi connectivity index (χ4n) is 1.83. The van der Waals surface area contributed by atoms with E-state index in [1.54, 1.807) is 25.6 Å². The molecule has 1 heterocycles. The van der Waals surface area contributed by atoms with Crippen molar-refractivity contribution in [2.75, 3.05) is 7.05 Å². The first-order chi connectivity index (χ1) is 9.70. The van der Waals surface area contributed by atoms with Gasteiger partial charge in [-0.05, 0) is 24.6 Å². The van der Waals surface area contributed by atoms with Crippen molar-refractivity contribution in [3.05, 3.63) is 59.7 Å². The van der Waals surface area contributed by atoms with Crippen LogP contribution >= 0.6 is 0 Å². The second-order valence-electron chi connectivity index (χ2n) is 4.51. The van der Waals surface area contributed by atoms with Crippen molar-refractivity contribution in [2.24, 2.45) is 0 Å². The molecule has 2 aromatic rings.